The number of aromatic carboxylic acids is 1. The Morgan fingerprint density at radius 3 is 2.79 bits per heavy atom. The van der Waals surface area contributed by atoms with Crippen LogP contribution in [0.1, 0.15) is 35.9 Å². The monoisotopic (exact) mass is 261 g/mol. The highest BCUT2D eigenvalue weighted by Crippen LogP contribution is 2.26. The van der Waals surface area contributed by atoms with Crippen LogP contribution < -0.4 is 0 Å². The third-order valence-corrected chi connectivity index (χ3v) is 3.19. The lowest BCUT2D eigenvalue weighted by Gasteiger charge is -2.14. The molecule has 0 unspecified atom stereocenters. The Kier molecular flexibility index (Phi) is 4.22. The van der Waals surface area contributed by atoms with Crippen molar-refractivity contribution in [3.63, 3.8) is 0 Å². The van der Waals surface area contributed by atoms with Crippen LogP contribution in [0.25, 0.3) is 11.0 Å². The highest BCUT2D eigenvalue weighted by molar-refractivity contribution is 6.03. The Morgan fingerprint density at radius 2 is 2.11 bits per heavy atom. The van der Waals surface area contributed by atoms with Gasteiger partial charge in [-0.2, -0.15) is 0 Å². The predicted octanol–water partition coefficient (Wildman–Crippen LogP) is 3.36. The Morgan fingerprint density at radius 1 is 1.37 bits per heavy atom. The summed E-state index contributed by atoms with van der Waals surface area (Å²) in [5.41, 5.74) is 0.928. The van der Waals surface area contributed by atoms with Crippen molar-refractivity contribution in [1.82, 2.24) is 4.90 Å². The van der Waals surface area contributed by atoms with E-state index in [0.717, 1.165) is 19.4 Å². The maximum absolute atomic E-state index is 11.4. The standard InChI is InChI=1S/C15H19NO3/c1-3-4-9-16(2)10-13-14(15(17)18)11-7-5-6-8-12(11)19-13/h5-8H,3-4,9-10H2,1-2H3,(H,17,18). The minimum Gasteiger partial charge on any atom is -0.478 e. The van der Waals surface area contributed by atoms with Gasteiger partial charge in [0, 0.05) is 5.39 Å². The molecule has 2 aromatic rings. The molecule has 4 nitrogen and oxygen atoms in total. The summed E-state index contributed by atoms with van der Waals surface area (Å²) in [4.78, 5) is 13.5. The van der Waals surface area contributed by atoms with E-state index < -0.39 is 5.97 Å². The van der Waals surface area contributed by atoms with Gasteiger partial charge in [-0.05, 0) is 26.1 Å². The van der Waals surface area contributed by atoms with E-state index in [2.05, 4.69) is 11.8 Å². The second-order valence-corrected chi connectivity index (χ2v) is 4.79. The molecule has 4 heteroatoms. The van der Waals surface area contributed by atoms with Gasteiger partial charge < -0.3 is 9.52 Å². The highest BCUT2D eigenvalue weighted by atomic mass is 16.4. The number of benzene rings is 1. The van der Waals surface area contributed by atoms with Gasteiger partial charge in [0.05, 0.1) is 6.54 Å². The van der Waals surface area contributed by atoms with E-state index in [1.165, 1.54) is 0 Å². The first-order valence-corrected chi connectivity index (χ1v) is 6.55. The van der Waals surface area contributed by atoms with Gasteiger partial charge in [0.2, 0.25) is 0 Å². The Hall–Kier alpha value is -1.81. The van der Waals surface area contributed by atoms with E-state index in [1.807, 2.05) is 19.2 Å². The Labute approximate surface area is 112 Å². The summed E-state index contributed by atoms with van der Waals surface area (Å²) < 4.78 is 5.69. The number of hydrogen-bond acceptors (Lipinski definition) is 3. The van der Waals surface area contributed by atoms with E-state index in [9.17, 15) is 9.90 Å². The van der Waals surface area contributed by atoms with Gasteiger partial charge >= 0.3 is 5.97 Å². The molecule has 0 saturated carbocycles. The third-order valence-electron chi connectivity index (χ3n) is 3.19. The molecule has 0 fully saturated rings. The molecule has 0 saturated heterocycles. The molecule has 0 spiro atoms. The normalized spacial score (nSPS) is 11.3. The largest absolute Gasteiger partial charge is 0.478 e. The molecular formula is C15H19NO3. The number of unbranched alkanes of at least 4 members (excludes halogenated alkanes) is 1. The molecule has 0 atom stereocenters. The SMILES string of the molecule is CCCCN(C)Cc1oc2ccccc2c1C(=O)O. The molecule has 19 heavy (non-hydrogen) atoms. The molecule has 1 heterocycles. The van der Waals surface area contributed by atoms with Crippen molar-refractivity contribution < 1.29 is 14.3 Å². The van der Waals surface area contributed by atoms with Crippen LogP contribution in [0.4, 0.5) is 0 Å². The first kappa shape index (κ1) is 13.6. The van der Waals surface area contributed by atoms with Crippen molar-refractivity contribution in [2.75, 3.05) is 13.6 Å². The average Bonchev–Trinajstić information content (AvgIpc) is 2.74. The minimum absolute atomic E-state index is 0.291. The molecule has 1 aromatic heterocycles. The fraction of sp³-hybridized carbons (Fsp3) is 0.400. The number of carbonyl (C=O) groups is 1. The van der Waals surface area contributed by atoms with E-state index in [0.29, 0.717) is 28.8 Å². The number of hydrogen-bond donors (Lipinski definition) is 1. The smallest absolute Gasteiger partial charge is 0.339 e. The summed E-state index contributed by atoms with van der Waals surface area (Å²) in [6, 6.07) is 7.27. The second kappa shape index (κ2) is 5.89. The maximum atomic E-state index is 11.4. The number of nitrogens with zero attached hydrogens (tertiary/aromatic N) is 1. The summed E-state index contributed by atoms with van der Waals surface area (Å²) in [5, 5.41) is 10.0. The minimum atomic E-state index is -0.927. The van der Waals surface area contributed by atoms with Gasteiger partial charge in [0.25, 0.3) is 0 Å². The van der Waals surface area contributed by atoms with Gasteiger partial charge in [-0.1, -0.05) is 31.5 Å². The molecule has 0 amide bonds. The number of fused-ring (bicyclic) bond motifs is 1. The van der Waals surface area contributed by atoms with E-state index in [4.69, 9.17) is 4.42 Å². The zero-order chi connectivity index (χ0) is 13.8. The molecule has 0 aliphatic heterocycles. The summed E-state index contributed by atoms with van der Waals surface area (Å²) in [5.74, 6) is -0.392. The van der Waals surface area contributed by atoms with Crippen LogP contribution in [0.2, 0.25) is 0 Å². The van der Waals surface area contributed by atoms with Gasteiger partial charge in [0.1, 0.15) is 16.9 Å². The molecule has 2 rings (SSSR count). The van der Waals surface area contributed by atoms with Crippen LogP contribution >= 0.6 is 0 Å². The summed E-state index contributed by atoms with van der Waals surface area (Å²) >= 11 is 0. The zero-order valence-electron chi connectivity index (χ0n) is 11.3. The van der Waals surface area contributed by atoms with Gasteiger partial charge in [-0.3, -0.25) is 4.90 Å². The second-order valence-electron chi connectivity index (χ2n) is 4.79. The number of carboxylic acid groups (broad SMARTS) is 1. The summed E-state index contributed by atoms with van der Waals surface area (Å²) in [7, 11) is 1.98. The quantitative estimate of drug-likeness (QED) is 0.866. The van der Waals surface area contributed by atoms with E-state index >= 15 is 0 Å². The van der Waals surface area contributed by atoms with Crippen LogP contribution in [0.5, 0.6) is 0 Å². The fourth-order valence-electron chi connectivity index (χ4n) is 2.19. The van der Waals surface area contributed by atoms with Crippen molar-refractivity contribution in [2.45, 2.75) is 26.3 Å². The molecular weight excluding hydrogens is 242 g/mol. The first-order chi connectivity index (χ1) is 9.13. The van der Waals surface area contributed by atoms with Crippen LogP contribution in [0.3, 0.4) is 0 Å². The van der Waals surface area contributed by atoms with Gasteiger partial charge in [0.15, 0.2) is 0 Å². The van der Waals surface area contributed by atoms with Crippen LogP contribution in [-0.4, -0.2) is 29.6 Å². The fourth-order valence-corrected chi connectivity index (χ4v) is 2.19. The van der Waals surface area contributed by atoms with Crippen LogP contribution in [0.15, 0.2) is 28.7 Å². The predicted molar refractivity (Wildman–Crippen MR) is 74.4 cm³/mol. The Bertz CT molecular complexity index is 574. The van der Waals surface area contributed by atoms with Crippen molar-refractivity contribution in [3.05, 3.63) is 35.6 Å². The van der Waals surface area contributed by atoms with Crippen LogP contribution in [0, 0.1) is 0 Å². The number of rotatable bonds is 6. The zero-order valence-corrected chi connectivity index (χ0v) is 11.3. The Balaban J connectivity index is 2.31. The number of para-hydroxylation sites is 1. The summed E-state index contributed by atoms with van der Waals surface area (Å²) in [6.45, 7) is 3.60. The lowest BCUT2D eigenvalue weighted by Crippen LogP contribution is -2.19. The molecule has 0 aliphatic carbocycles. The number of carboxylic acids is 1. The molecule has 0 aliphatic rings. The van der Waals surface area contributed by atoms with Crippen molar-refractivity contribution in [3.8, 4) is 0 Å². The molecule has 1 N–H and O–H groups in total. The van der Waals surface area contributed by atoms with E-state index in [-0.39, 0.29) is 0 Å². The van der Waals surface area contributed by atoms with Crippen LogP contribution in [-0.2, 0) is 6.54 Å². The highest BCUT2D eigenvalue weighted by Gasteiger charge is 2.20. The molecule has 0 bridgehead atoms. The van der Waals surface area contributed by atoms with Crippen molar-refractivity contribution in [1.29, 1.82) is 0 Å². The summed E-state index contributed by atoms with van der Waals surface area (Å²) in [6.07, 6.45) is 2.22. The lowest BCUT2D eigenvalue weighted by atomic mass is 10.1. The lowest BCUT2D eigenvalue weighted by molar-refractivity contribution is 0.0695. The topological polar surface area (TPSA) is 53.7 Å². The third kappa shape index (κ3) is 2.96. The van der Waals surface area contributed by atoms with Gasteiger partial charge in [-0.25, -0.2) is 4.79 Å². The average molecular weight is 261 g/mol. The maximum Gasteiger partial charge on any atom is 0.339 e. The molecule has 0 radical (unpaired) electrons. The first-order valence-electron chi connectivity index (χ1n) is 6.55. The molecule has 1 aromatic carbocycles. The van der Waals surface area contributed by atoms with Gasteiger partial charge in [-0.15, -0.1) is 0 Å². The molecule has 102 valence electrons. The van der Waals surface area contributed by atoms with Crippen molar-refractivity contribution >= 4 is 16.9 Å². The van der Waals surface area contributed by atoms with E-state index in [1.54, 1.807) is 12.1 Å². The number of furan rings is 1. The van der Waals surface area contributed by atoms with Crippen molar-refractivity contribution in [2.24, 2.45) is 0 Å².